The number of nitrogens with one attached hydrogen (secondary N) is 1. The minimum atomic E-state index is -5.46. The largest absolute Gasteiger partial charge is 0.501 e. The minimum Gasteiger partial charge on any atom is -0.322 e. The fourth-order valence-corrected chi connectivity index (χ4v) is 3.19. The fraction of sp³-hybridized carbons (Fsp3) is 0.0526. The molecule has 0 spiro atoms. The maximum atomic E-state index is 13.8. The van der Waals surface area contributed by atoms with Gasteiger partial charge in [-0.25, -0.2) is 12.8 Å². The van der Waals surface area contributed by atoms with Crippen molar-refractivity contribution in [1.82, 2.24) is 4.98 Å². The van der Waals surface area contributed by atoms with Crippen molar-refractivity contribution in [1.29, 1.82) is 0 Å². The molecule has 0 radical (unpaired) electrons. The Morgan fingerprint density at radius 2 is 1.55 bits per heavy atom. The first kappa shape index (κ1) is 20.5. The van der Waals surface area contributed by atoms with E-state index in [0.717, 1.165) is 24.3 Å². The van der Waals surface area contributed by atoms with Gasteiger partial charge in [0.05, 0.1) is 4.90 Å². The lowest BCUT2D eigenvalue weighted by Crippen LogP contribution is -2.23. The molecule has 29 heavy (non-hydrogen) atoms. The highest BCUT2D eigenvalue weighted by molar-refractivity contribution is 7.92. The van der Waals surface area contributed by atoms with Crippen molar-refractivity contribution in [3.63, 3.8) is 0 Å². The molecule has 1 N–H and O–H groups in total. The van der Waals surface area contributed by atoms with Gasteiger partial charge in [0.25, 0.3) is 15.7 Å². The predicted octanol–water partition coefficient (Wildman–Crippen LogP) is 4.43. The van der Waals surface area contributed by atoms with Gasteiger partial charge < -0.3 is 5.32 Å². The summed E-state index contributed by atoms with van der Waals surface area (Å²) in [6.45, 7) is 0. The third-order valence-corrected chi connectivity index (χ3v) is 5.41. The second-order valence-electron chi connectivity index (χ2n) is 5.84. The molecule has 0 fully saturated rings. The number of hydrogen-bond donors (Lipinski definition) is 1. The molecule has 150 valence electrons. The van der Waals surface area contributed by atoms with E-state index in [1.807, 2.05) is 0 Å². The first-order valence-electron chi connectivity index (χ1n) is 8.03. The first-order valence-corrected chi connectivity index (χ1v) is 9.51. The van der Waals surface area contributed by atoms with Crippen LogP contribution in [0.2, 0.25) is 0 Å². The van der Waals surface area contributed by atoms with Crippen molar-refractivity contribution in [2.45, 2.75) is 10.4 Å². The Hall–Kier alpha value is -3.27. The van der Waals surface area contributed by atoms with Crippen molar-refractivity contribution in [3.8, 4) is 11.3 Å². The monoisotopic (exact) mass is 424 g/mol. The van der Waals surface area contributed by atoms with E-state index in [1.54, 1.807) is 0 Å². The standard InChI is InChI=1S/C19H12F4N2O3S/c20-16-2-1-11-24-17(16)12-3-5-13(6-4-12)18(26)25-14-7-9-15(10-8-14)29(27,28)19(21,22)23/h1-11H,(H,25,26). The van der Waals surface area contributed by atoms with Crippen LogP contribution in [-0.2, 0) is 9.84 Å². The van der Waals surface area contributed by atoms with Crippen LogP contribution in [0.5, 0.6) is 0 Å². The summed E-state index contributed by atoms with van der Waals surface area (Å²) in [5.74, 6) is -1.09. The normalized spacial score (nSPS) is 11.9. The van der Waals surface area contributed by atoms with Gasteiger partial charge in [-0.05, 0) is 48.5 Å². The molecular formula is C19H12F4N2O3S. The van der Waals surface area contributed by atoms with E-state index in [9.17, 15) is 30.8 Å². The number of benzene rings is 2. The number of sulfone groups is 1. The van der Waals surface area contributed by atoms with E-state index in [1.165, 1.54) is 42.6 Å². The van der Waals surface area contributed by atoms with Crippen molar-refractivity contribution < 1.29 is 30.8 Å². The highest BCUT2D eigenvalue weighted by atomic mass is 32.2. The summed E-state index contributed by atoms with van der Waals surface area (Å²) in [4.78, 5) is 15.3. The number of nitrogens with zero attached hydrogens (tertiary/aromatic N) is 1. The maximum absolute atomic E-state index is 13.8. The summed E-state index contributed by atoms with van der Waals surface area (Å²) in [6, 6.07) is 12.2. The molecule has 1 aromatic heterocycles. The molecule has 0 aliphatic rings. The molecule has 3 aromatic rings. The Kier molecular flexibility index (Phi) is 5.38. The van der Waals surface area contributed by atoms with Crippen LogP contribution in [0.3, 0.4) is 0 Å². The first-order chi connectivity index (χ1) is 13.6. The number of aromatic nitrogens is 1. The van der Waals surface area contributed by atoms with Gasteiger partial charge in [-0.3, -0.25) is 9.78 Å². The van der Waals surface area contributed by atoms with Gasteiger partial charge in [0, 0.05) is 23.0 Å². The molecule has 3 rings (SSSR count). The zero-order valence-electron chi connectivity index (χ0n) is 14.4. The fourth-order valence-electron chi connectivity index (χ4n) is 2.43. The zero-order chi connectivity index (χ0) is 21.2. The summed E-state index contributed by atoms with van der Waals surface area (Å²) in [5.41, 5.74) is -4.51. The molecule has 1 amide bonds. The van der Waals surface area contributed by atoms with Gasteiger partial charge >= 0.3 is 5.51 Å². The zero-order valence-corrected chi connectivity index (χ0v) is 15.3. The third kappa shape index (κ3) is 4.27. The minimum absolute atomic E-state index is 0.107. The summed E-state index contributed by atoms with van der Waals surface area (Å²) in [7, 11) is -5.46. The van der Waals surface area contributed by atoms with Gasteiger partial charge in [0.1, 0.15) is 11.5 Å². The van der Waals surface area contributed by atoms with Crippen LogP contribution in [0.4, 0.5) is 23.2 Å². The van der Waals surface area contributed by atoms with E-state index >= 15 is 0 Å². The van der Waals surface area contributed by atoms with Gasteiger partial charge in [0.15, 0.2) is 0 Å². The number of anilines is 1. The lowest BCUT2D eigenvalue weighted by atomic mass is 10.1. The lowest BCUT2D eigenvalue weighted by Gasteiger charge is -2.10. The van der Waals surface area contributed by atoms with Crippen molar-refractivity contribution >= 4 is 21.4 Å². The highest BCUT2D eigenvalue weighted by Gasteiger charge is 2.46. The summed E-state index contributed by atoms with van der Waals surface area (Å²) >= 11 is 0. The second kappa shape index (κ2) is 7.63. The Morgan fingerprint density at radius 1 is 0.931 bits per heavy atom. The molecule has 0 saturated carbocycles. The molecule has 0 aliphatic heterocycles. The molecule has 1 heterocycles. The topological polar surface area (TPSA) is 76.1 Å². The smallest absolute Gasteiger partial charge is 0.322 e. The van der Waals surface area contributed by atoms with Crippen molar-refractivity contribution in [3.05, 3.63) is 78.2 Å². The number of carbonyl (C=O) groups excluding carboxylic acids is 1. The van der Waals surface area contributed by atoms with Crippen LogP contribution in [0.15, 0.2) is 71.8 Å². The number of carbonyl (C=O) groups is 1. The van der Waals surface area contributed by atoms with E-state index in [2.05, 4.69) is 10.3 Å². The Bertz CT molecular complexity index is 1140. The van der Waals surface area contributed by atoms with E-state index in [4.69, 9.17) is 0 Å². The Balaban J connectivity index is 1.75. The molecule has 0 atom stereocenters. The van der Waals surface area contributed by atoms with E-state index in [-0.39, 0.29) is 16.9 Å². The van der Waals surface area contributed by atoms with Gasteiger partial charge in [0.2, 0.25) is 0 Å². The number of alkyl halides is 3. The van der Waals surface area contributed by atoms with Crippen LogP contribution in [0, 0.1) is 5.82 Å². The number of pyridine rings is 1. The molecule has 5 nitrogen and oxygen atoms in total. The van der Waals surface area contributed by atoms with E-state index < -0.39 is 32.0 Å². The quantitative estimate of drug-likeness (QED) is 0.629. The molecule has 2 aromatic carbocycles. The number of hydrogen-bond acceptors (Lipinski definition) is 4. The molecule has 10 heteroatoms. The molecule has 0 saturated heterocycles. The average Bonchev–Trinajstić information content (AvgIpc) is 2.68. The SMILES string of the molecule is O=C(Nc1ccc(S(=O)(=O)C(F)(F)F)cc1)c1ccc(-c2ncccc2F)cc1. The Labute approximate surface area is 162 Å². The van der Waals surface area contributed by atoms with Crippen molar-refractivity contribution in [2.24, 2.45) is 0 Å². The Morgan fingerprint density at radius 3 is 2.10 bits per heavy atom. The summed E-state index contributed by atoms with van der Waals surface area (Å²) < 4.78 is 74.1. The van der Waals surface area contributed by atoms with Crippen LogP contribution in [0.1, 0.15) is 10.4 Å². The van der Waals surface area contributed by atoms with Gasteiger partial charge in [-0.2, -0.15) is 13.2 Å². The van der Waals surface area contributed by atoms with Crippen LogP contribution in [-0.4, -0.2) is 24.8 Å². The van der Waals surface area contributed by atoms with Gasteiger partial charge in [-0.1, -0.05) is 12.1 Å². The third-order valence-electron chi connectivity index (χ3n) is 3.91. The molecule has 0 bridgehead atoms. The lowest BCUT2D eigenvalue weighted by molar-refractivity contribution is -0.0436. The number of halogens is 4. The summed E-state index contributed by atoms with van der Waals surface area (Å²) in [6.07, 6.45) is 1.43. The average molecular weight is 424 g/mol. The molecule has 0 unspecified atom stereocenters. The number of rotatable bonds is 4. The maximum Gasteiger partial charge on any atom is 0.501 e. The van der Waals surface area contributed by atoms with Crippen molar-refractivity contribution in [2.75, 3.05) is 5.32 Å². The van der Waals surface area contributed by atoms with Crippen LogP contribution < -0.4 is 5.32 Å². The highest BCUT2D eigenvalue weighted by Crippen LogP contribution is 2.30. The second-order valence-corrected chi connectivity index (χ2v) is 7.78. The van der Waals surface area contributed by atoms with Crippen LogP contribution >= 0.6 is 0 Å². The van der Waals surface area contributed by atoms with Crippen LogP contribution in [0.25, 0.3) is 11.3 Å². The predicted molar refractivity (Wildman–Crippen MR) is 97.3 cm³/mol. The van der Waals surface area contributed by atoms with Gasteiger partial charge in [-0.15, -0.1) is 0 Å². The summed E-state index contributed by atoms with van der Waals surface area (Å²) in [5, 5.41) is 2.44. The number of amides is 1. The molecular weight excluding hydrogens is 412 g/mol. The molecule has 0 aliphatic carbocycles. The van der Waals surface area contributed by atoms with E-state index in [0.29, 0.717) is 5.56 Å².